The van der Waals surface area contributed by atoms with Crippen LogP contribution in [0, 0.1) is 19.7 Å². The number of nitrogens with one attached hydrogen (secondary N) is 2. The van der Waals surface area contributed by atoms with E-state index in [0.29, 0.717) is 17.7 Å². The molecule has 6 heteroatoms. The molecule has 4 N–H and O–H groups in total. The van der Waals surface area contributed by atoms with Gasteiger partial charge in [0.2, 0.25) is 0 Å². The van der Waals surface area contributed by atoms with Crippen LogP contribution in [0.3, 0.4) is 0 Å². The second-order valence-electron chi connectivity index (χ2n) is 5.83. The van der Waals surface area contributed by atoms with Crippen molar-refractivity contribution in [2.75, 3.05) is 12.3 Å². The maximum absolute atomic E-state index is 14.0. The number of aryl methyl sites for hydroxylation is 2. The third kappa shape index (κ3) is 3.08. The fraction of sp³-hybridized carbons (Fsp3) is 0.222. The number of nitrogen functional groups attached to an aromatic ring is 1. The van der Waals surface area contributed by atoms with Crippen LogP contribution in [0.4, 0.5) is 10.1 Å². The topological polar surface area (TPSA) is 53.8 Å². The molecule has 2 aromatic heterocycles. The lowest BCUT2D eigenvalue weighted by Gasteiger charge is -2.10. The van der Waals surface area contributed by atoms with Gasteiger partial charge in [-0.3, -0.25) is 0 Å². The van der Waals surface area contributed by atoms with Gasteiger partial charge >= 0.3 is 0 Å². The van der Waals surface area contributed by atoms with Crippen molar-refractivity contribution >= 4 is 49.6 Å². The van der Waals surface area contributed by atoms with Crippen LogP contribution in [0.15, 0.2) is 28.6 Å². The molecule has 0 aliphatic carbocycles. The minimum absolute atomic E-state index is 0.210. The van der Waals surface area contributed by atoms with Crippen molar-refractivity contribution < 1.29 is 4.39 Å². The molecule has 2 heterocycles. The van der Waals surface area contributed by atoms with Gasteiger partial charge in [0.25, 0.3) is 0 Å². The lowest BCUT2D eigenvalue weighted by Crippen LogP contribution is -2.15. The third-order valence-corrected chi connectivity index (χ3v) is 5.86. The van der Waals surface area contributed by atoms with Gasteiger partial charge in [-0.1, -0.05) is 12.6 Å². The molecule has 0 unspecified atom stereocenters. The maximum atomic E-state index is 14.0. The molecule has 0 saturated heterocycles. The number of H-pyrrole nitrogens is 1. The third-order valence-electron chi connectivity index (χ3n) is 4.15. The van der Waals surface area contributed by atoms with E-state index in [2.05, 4.69) is 32.8 Å². The first-order valence-electron chi connectivity index (χ1n) is 7.62. The Balaban J connectivity index is 1.77. The number of halogens is 2. The van der Waals surface area contributed by atoms with Gasteiger partial charge in [0, 0.05) is 23.3 Å². The Hall–Kier alpha value is -1.79. The SMILES string of the molecule is C=C(NCCc1c(C)[nH]c2c(F)ccc(C)c12)c1sc(Br)cc1N. The molecule has 0 aliphatic heterocycles. The van der Waals surface area contributed by atoms with E-state index in [1.165, 1.54) is 6.07 Å². The summed E-state index contributed by atoms with van der Waals surface area (Å²) in [7, 11) is 0. The molecule has 3 rings (SSSR count). The van der Waals surface area contributed by atoms with Crippen molar-refractivity contribution in [2.24, 2.45) is 0 Å². The molecule has 0 saturated carbocycles. The number of aromatic amines is 1. The molecule has 1 aromatic carbocycles. The molecule has 0 fully saturated rings. The highest BCUT2D eigenvalue weighted by molar-refractivity contribution is 9.11. The zero-order chi connectivity index (χ0) is 17.4. The van der Waals surface area contributed by atoms with Gasteiger partial charge in [-0.15, -0.1) is 11.3 Å². The summed E-state index contributed by atoms with van der Waals surface area (Å²) < 4.78 is 15.0. The molecule has 3 nitrogen and oxygen atoms in total. The van der Waals surface area contributed by atoms with Gasteiger partial charge < -0.3 is 16.0 Å². The molecule has 24 heavy (non-hydrogen) atoms. The largest absolute Gasteiger partial charge is 0.397 e. The van der Waals surface area contributed by atoms with Gasteiger partial charge in [-0.05, 0) is 59.5 Å². The predicted octanol–water partition coefficient (Wildman–Crippen LogP) is 5.13. The minimum Gasteiger partial charge on any atom is -0.397 e. The quantitative estimate of drug-likeness (QED) is 0.548. The van der Waals surface area contributed by atoms with Crippen molar-refractivity contribution in [1.82, 2.24) is 10.3 Å². The predicted molar refractivity (Wildman–Crippen MR) is 105 cm³/mol. The summed E-state index contributed by atoms with van der Waals surface area (Å²) in [5.74, 6) is -0.210. The Labute approximate surface area is 152 Å². The lowest BCUT2D eigenvalue weighted by molar-refractivity contribution is 0.637. The summed E-state index contributed by atoms with van der Waals surface area (Å²) in [4.78, 5) is 4.11. The van der Waals surface area contributed by atoms with E-state index in [4.69, 9.17) is 5.73 Å². The van der Waals surface area contributed by atoms with Gasteiger partial charge in [0.05, 0.1) is 19.9 Å². The standard InChI is InChI=1S/C18H19BrFN3S/c1-9-4-5-13(20)17-16(9)12(10(2)23-17)6-7-22-11(3)18-14(21)8-15(19)24-18/h4-5,8,22-23H,3,6-7,21H2,1-2H3. The number of fused-ring (bicyclic) bond motifs is 1. The number of nitrogens with two attached hydrogens (primary N) is 1. The fourth-order valence-electron chi connectivity index (χ4n) is 2.98. The Bertz CT molecular complexity index is 926. The number of hydrogen-bond acceptors (Lipinski definition) is 3. The van der Waals surface area contributed by atoms with Gasteiger partial charge in [-0.25, -0.2) is 4.39 Å². The number of thiophene rings is 1. The van der Waals surface area contributed by atoms with Crippen molar-refractivity contribution in [3.05, 3.63) is 56.1 Å². The van der Waals surface area contributed by atoms with Crippen LogP contribution >= 0.6 is 27.3 Å². The molecule has 0 bridgehead atoms. The smallest absolute Gasteiger partial charge is 0.147 e. The Morgan fingerprint density at radius 2 is 2.17 bits per heavy atom. The van der Waals surface area contributed by atoms with Gasteiger partial charge in [-0.2, -0.15) is 0 Å². The van der Waals surface area contributed by atoms with E-state index in [1.54, 1.807) is 11.3 Å². The Morgan fingerprint density at radius 1 is 1.42 bits per heavy atom. The molecular weight excluding hydrogens is 389 g/mol. The minimum atomic E-state index is -0.210. The van der Waals surface area contributed by atoms with Crippen LogP contribution in [0.25, 0.3) is 16.6 Å². The molecule has 126 valence electrons. The Kier molecular flexibility index (Phi) is 4.69. The molecule has 0 spiro atoms. The first-order chi connectivity index (χ1) is 11.4. The average molecular weight is 408 g/mol. The van der Waals surface area contributed by atoms with Crippen LogP contribution < -0.4 is 11.1 Å². The summed E-state index contributed by atoms with van der Waals surface area (Å²) in [6.45, 7) is 8.76. The zero-order valence-corrected chi connectivity index (χ0v) is 16.0. The van der Waals surface area contributed by atoms with Crippen molar-refractivity contribution in [3.63, 3.8) is 0 Å². The highest BCUT2D eigenvalue weighted by Crippen LogP contribution is 2.33. The summed E-state index contributed by atoms with van der Waals surface area (Å²) in [6.07, 6.45) is 0.779. The summed E-state index contributed by atoms with van der Waals surface area (Å²) in [5, 5.41) is 4.31. The summed E-state index contributed by atoms with van der Waals surface area (Å²) >= 11 is 4.99. The van der Waals surface area contributed by atoms with E-state index in [1.807, 2.05) is 26.0 Å². The second kappa shape index (κ2) is 6.61. The second-order valence-corrected chi connectivity index (χ2v) is 8.26. The molecule has 0 amide bonds. The first-order valence-corrected chi connectivity index (χ1v) is 9.23. The summed E-state index contributed by atoms with van der Waals surface area (Å²) in [5.41, 5.74) is 11.3. The van der Waals surface area contributed by atoms with Crippen molar-refractivity contribution in [1.29, 1.82) is 0 Å². The zero-order valence-electron chi connectivity index (χ0n) is 13.6. The van der Waals surface area contributed by atoms with Gasteiger partial charge in [0.15, 0.2) is 0 Å². The van der Waals surface area contributed by atoms with Crippen LogP contribution in [0.5, 0.6) is 0 Å². The van der Waals surface area contributed by atoms with E-state index in [0.717, 1.165) is 43.0 Å². The monoisotopic (exact) mass is 407 g/mol. The van der Waals surface area contributed by atoms with Crippen molar-refractivity contribution in [3.8, 4) is 0 Å². The number of rotatable bonds is 5. The number of anilines is 1. The van der Waals surface area contributed by atoms with E-state index >= 15 is 0 Å². The van der Waals surface area contributed by atoms with E-state index < -0.39 is 0 Å². The van der Waals surface area contributed by atoms with Crippen molar-refractivity contribution in [2.45, 2.75) is 20.3 Å². The fourth-order valence-corrected chi connectivity index (χ4v) is 4.47. The number of benzene rings is 1. The number of hydrogen-bond donors (Lipinski definition) is 3. The molecule has 0 atom stereocenters. The van der Waals surface area contributed by atoms with Crippen LogP contribution in [0.1, 0.15) is 21.7 Å². The summed E-state index contributed by atoms with van der Waals surface area (Å²) in [6, 6.07) is 5.21. The van der Waals surface area contributed by atoms with Crippen LogP contribution in [-0.2, 0) is 6.42 Å². The van der Waals surface area contributed by atoms with Gasteiger partial charge in [0.1, 0.15) is 5.82 Å². The maximum Gasteiger partial charge on any atom is 0.147 e. The first kappa shape index (κ1) is 17.0. The highest BCUT2D eigenvalue weighted by Gasteiger charge is 2.14. The molecule has 0 aliphatic rings. The Morgan fingerprint density at radius 3 is 2.83 bits per heavy atom. The van der Waals surface area contributed by atoms with Crippen LogP contribution in [-0.4, -0.2) is 11.5 Å². The lowest BCUT2D eigenvalue weighted by atomic mass is 10.0. The van der Waals surface area contributed by atoms with E-state index in [-0.39, 0.29) is 5.82 Å². The van der Waals surface area contributed by atoms with E-state index in [9.17, 15) is 4.39 Å². The molecular formula is C18H19BrFN3S. The number of aromatic nitrogens is 1. The highest BCUT2D eigenvalue weighted by atomic mass is 79.9. The molecule has 0 radical (unpaired) electrons. The van der Waals surface area contributed by atoms with Crippen LogP contribution in [0.2, 0.25) is 0 Å². The normalized spacial score (nSPS) is 11.2. The average Bonchev–Trinajstić information content (AvgIpc) is 3.03. The molecule has 3 aromatic rings.